The number of anilines is 1. The predicted molar refractivity (Wildman–Crippen MR) is 107 cm³/mol. The molecule has 2 N–H and O–H groups in total. The minimum Gasteiger partial charge on any atom is -0.378 e. The van der Waals surface area contributed by atoms with Crippen LogP contribution in [0, 0.1) is 5.92 Å². The maximum Gasteiger partial charge on any atom is 0.226 e. The van der Waals surface area contributed by atoms with Crippen LogP contribution in [0.3, 0.4) is 0 Å². The number of hydrogen-bond donors (Lipinski definition) is 2. The Hall–Kier alpha value is -1.27. The van der Waals surface area contributed by atoms with Crippen molar-refractivity contribution in [3.63, 3.8) is 0 Å². The molecule has 140 valence electrons. The van der Waals surface area contributed by atoms with Crippen LogP contribution in [-0.2, 0) is 16.1 Å². The van der Waals surface area contributed by atoms with Gasteiger partial charge < -0.3 is 19.9 Å². The maximum absolute atomic E-state index is 12.2. The fourth-order valence-electron chi connectivity index (χ4n) is 3.02. The number of nitrogens with zero attached hydrogens (tertiary/aromatic N) is 1. The first kappa shape index (κ1) is 21.8. The van der Waals surface area contributed by atoms with Gasteiger partial charge in [0.2, 0.25) is 5.91 Å². The molecule has 25 heavy (non-hydrogen) atoms. The molecule has 0 radical (unpaired) electrons. The van der Waals surface area contributed by atoms with Gasteiger partial charge in [-0.2, -0.15) is 0 Å². The van der Waals surface area contributed by atoms with Crippen LogP contribution in [0.2, 0.25) is 0 Å². The van der Waals surface area contributed by atoms with E-state index in [1.807, 2.05) is 12.1 Å². The number of carbonyl (C=O) groups excluding carboxylic acids is 1. The Bertz CT molecular complexity index is 682. The molecule has 1 aliphatic rings. The number of halogens is 2. The summed E-state index contributed by atoms with van der Waals surface area (Å²) >= 11 is 0. The van der Waals surface area contributed by atoms with Crippen LogP contribution in [0.5, 0.6) is 0 Å². The minimum atomic E-state index is 0. The van der Waals surface area contributed by atoms with Crippen molar-refractivity contribution in [1.82, 2.24) is 9.88 Å². The Morgan fingerprint density at radius 3 is 2.84 bits per heavy atom. The largest absolute Gasteiger partial charge is 0.378 e. The van der Waals surface area contributed by atoms with E-state index < -0.39 is 0 Å². The summed E-state index contributed by atoms with van der Waals surface area (Å²) in [6.07, 6.45) is 2.55. The third-order valence-electron chi connectivity index (χ3n) is 4.05. The Kier molecular flexibility index (Phi) is 8.73. The molecule has 1 unspecified atom stereocenters. The zero-order chi connectivity index (χ0) is 16.2. The second-order valence-corrected chi connectivity index (χ2v) is 6.61. The van der Waals surface area contributed by atoms with E-state index in [-0.39, 0.29) is 36.8 Å². The van der Waals surface area contributed by atoms with Crippen molar-refractivity contribution in [3.8, 4) is 0 Å². The normalized spacial score (nSPS) is 17.0. The molecule has 1 atom stereocenters. The number of amides is 1. The smallest absolute Gasteiger partial charge is 0.226 e. The molecule has 1 aromatic carbocycles. The van der Waals surface area contributed by atoms with Crippen LogP contribution in [0.25, 0.3) is 10.9 Å². The zero-order valence-electron chi connectivity index (χ0n) is 14.7. The van der Waals surface area contributed by atoms with E-state index in [0.29, 0.717) is 18.9 Å². The zero-order valence-corrected chi connectivity index (χ0v) is 16.3. The summed E-state index contributed by atoms with van der Waals surface area (Å²) in [6.45, 7) is 7.56. The Morgan fingerprint density at radius 2 is 2.16 bits per heavy atom. The van der Waals surface area contributed by atoms with Crippen LogP contribution in [0.1, 0.15) is 20.3 Å². The average molecular weight is 388 g/mol. The first-order valence-corrected chi connectivity index (χ1v) is 8.31. The van der Waals surface area contributed by atoms with E-state index in [1.54, 1.807) is 0 Å². The van der Waals surface area contributed by atoms with Gasteiger partial charge in [-0.1, -0.05) is 13.8 Å². The molecule has 0 bridgehead atoms. The molecular formula is C18H27Cl2N3O2. The van der Waals surface area contributed by atoms with Gasteiger partial charge in [-0.3, -0.25) is 4.79 Å². The number of ether oxygens (including phenoxy) is 1. The van der Waals surface area contributed by atoms with E-state index >= 15 is 0 Å². The number of fused-ring (bicyclic) bond motifs is 1. The van der Waals surface area contributed by atoms with E-state index in [9.17, 15) is 4.79 Å². The van der Waals surface area contributed by atoms with Gasteiger partial charge in [0, 0.05) is 48.3 Å². The van der Waals surface area contributed by atoms with Gasteiger partial charge in [0.1, 0.15) is 0 Å². The molecule has 0 aliphatic carbocycles. The van der Waals surface area contributed by atoms with Crippen molar-refractivity contribution in [2.45, 2.75) is 32.9 Å². The van der Waals surface area contributed by atoms with E-state index in [2.05, 4.69) is 47.4 Å². The lowest BCUT2D eigenvalue weighted by molar-refractivity contribution is -0.117. The number of carbonyl (C=O) groups is 1. The number of morpholine rings is 1. The summed E-state index contributed by atoms with van der Waals surface area (Å²) in [5.74, 6) is 0.629. The van der Waals surface area contributed by atoms with E-state index in [4.69, 9.17) is 4.74 Å². The fourth-order valence-corrected chi connectivity index (χ4v) is 3.02. The van der Waals surface area contributed by atoms with Crippen LogP contribution in [0.15, 0.2) is 30.5 Å². The van der Waals surface area contributed by atoms with Crippen molar-refractivity contribution in [2.24, 2.45) is 5.92 Å². The maximum atomic E-state index is 12.2. The summed E-state index contributed by atoms with van der Waals surface area (Å²) in [5, 5.41) is 7.44. The molecule has 7 heteroatoms. The highest BCUT2D eigenvalue weighted by Gasteiger charge is 2.17. The Morgan fingerprint density at radius 1 is 1.36 bits per heavy atom. The Labute approximate surface area is 161 Å². The molecule has 0 spiro atoms. The van der Waals surface area contributed by atoms with Crippen molar-refractivity contribution in [1.29, 1.82) is 0 Å². The molecule has 1 aliphatic heterocycles. The number of aromatic nitrogens is 1. The third-order valence-corrected chi connectivity index (χ3v) is 4.05. The summed E-state index contributed by atoms with van der Waals surface area (Å²) in [7, 11) is 0. The SMILES string of the molecule is CC(C)Cn1ccc2cc(NC(=O)CC3COCCN3)ccc21.Cl.Cl. The van der Waals surface area contributed by atoms with E-state index in [0.717, 1.165) is 30.8 Å². The molecule has 3 rings (SSSR count). The summed E-state index contributed by atoms with van der Waals surface area (Å²) in [4.78, 5) is 12.2. The van der Waals surface area contributed by atoms with Gasteiger partial charge in [-0.15, -0.1) is 24.8 Å². The molecule has 1 saturated heterocycles. The van der Waals surface area contributed by atoms with Gasteiger partial charge in [-0.25, -0.2) is 0 Å². The lowest BCUT2D eigenvalue weighted by Gasteiger charge is -2.23. The number of rotatable bonds is 5. The topological polar surface area (TPSA) is 55.3 Å². The summed E-state index contributed by atoms with van der Waals surface area (Å²) in [5.41, 5.74) is 2.06. The molecular weight excluding hydrogens is 361 g/mol. The molecule has 1 amide bonds. The third kappa shape index (κ3) is 5.89. The lowest BCUT2D eigenvalue weighted by atomic mass is 10.1. The molecule has 1 fully saturated rings. The van der Waals surface area contributed by atoms with Gasteiger partial charge in [-0.05, 0) is 30.2 Å². The van der Waals surface area contributed by atoms with Gasteiger partial charge in [0.15, 0.2) is 0 Å². The van der Waals surface area contributed by atoms with Crippen LogP contribution >= 0.6 is 24.8 Å². The van der Waals surface area contributed by atoms with Crippen molar-refractivity contribution >= 4 is 47.3 Å². The summed E-state index contributed by atoms with van der Waals surface area (Å²) < 4.78 is 7.64. The highest BCUT2D eigenvalue weighted by molar-refractivity contribution is 5.94. The number of nitrogens with one attached hydrogen (secondary N) is 2. The monoisotopic (exact) mass is 387 g/mol. The van der Waals surface area contributed by atoms with Crippen LogP contribution in [-0.4, -0.2) is 36.3 Å². The minimum absolute atomic E-state index is 0. The quantitative estimate of drug-likeness (QED) is 0.825. The number of benzene rings is 1. The van der Waals surface area contributed by atoms with E-state index in [1.165, 1.54) is 5.52 Å². The molecule has 5 nitrogen and oxygen atoms in total. The van der Waals surface area contributed by atoms with Gasteiger partial charge in [0.25, 0.3) is 0 Å². The van der Waals surface area contributed by atoms with Crippen molar-refractivity contribution in [3.05, 3.63) is 30.5 Å². The van der Waals surface area contributed by atoms with Gasteiger partial charge in [0.05, 0.1) is 13.2 Å². The van der Waals surface area contributed by atoms with Crippen LogP contribution < -0.4 is 10.6 Å². The predicted octanol–water partition coefficient (Wildman–Crippen LogP) is 3.46. The highest BCUT2D eigenvalue weighted by atomic mass is 35.5. The van der Waals surface area contributed by atoms with Crippen molar-refractivity contribution < 1.29 is 9.53 Å². The average Bonchev–Trinajstić information content (AvgIpc) is 2.90. The Balaban J connectivity index is 0.00000156. The molecule has 1 aromatic heterocycles. The second kappa shape index (κ2) is 10.0. The molecule has 2 aromatic rings. The molecule has 2 heterocycles. The van der Waals surface area contributed by atoms with Gasteiger partial charge >= 0.3 is 0 Å². The first-order valence-electron chi connectivity index (χ1n) is 8.31. The fraction of sp³-hybridized carbons (Fsp3) is 0.500. The highest BCUT2D eigenvalue weighted by Crippen LogP contribution is 2.21. The summed E-state index contributed by atoms with van der Waals surface area (Å²) in [6, 6.07) is 8.30. The number of hydrogen-bond acceptors (Lipinski definition) is 3. The van der Waals surface area contributed by atoms with Crippen molar-refractivity contribution in [2.75, 3.05) is 25.1 Å². The lowest BCUT2D eigenvalue weighted by Crippen LogP contribution is -2.43. The molecule has 0 saturated carbocycles. The second-order valence-electron chi connectivity index (χ2n) is 6.61. The van der Waals surface area contributed by atoms with Crippen LogP contribution in [0.4, 0.5) is 5.69 Å². The first-order chi connectivity index (χ1) is 11.1. The standard InChI is InChI=1S/C18H25N3O2.2ClH/c1-13(2)11-21-7-5-14-9-15(3-4-17(14)21)20-18(22)10-16-12-23-8-6-19-16;;/h3-5,7,9,13,16,19H,6,8,10-12H2,1-2H3,(H,20,22);2*1H.